The highest BCUT2D eigenvalue weighted by Crippen LogP contribution is 2.31. The first-order valence-electron chi connectivity index (χ1n) is 11.1. The zero-order valence-electron chi connectivity index (χ0n) is 19.0. The molecule has 2 saturated heterocycles. The van der Waals surface area contributed by atoms with E-state index in [0.717, 1.165) is 41.0 Å². The van der Waals surface area contributed by atoms with Gasteiger partial charge in [-0.05, 0) is 77.0 Å². The van der Waals surface area contributed by atoms with E-state index in [1.165, 1.54) is 11.3 Å². The van der Waals surface area contributed by atoms with Crippen molar-refractivity contribution in [1.29, 1.82) is 0 Å². The van der Waals surface area contributed by atoms with Gasteiger partial charge in [0, 0.05) is 37.3 Å². The molecule has 1 aromatic heterocycles. The number of carbonyl (C=O) groups is 3. The lowest BCUT2D eigenvalue weighted by Gasteiger charge is -2.38. The van der Waals surface area contributed by atoms with Crippen molar-refractivity contribution in [2.75, 3.05) is 24.5 Å². The number of rotatable bonds is 4. The summed E-state index contributed by atoms with van der Waals surface area (Å²) in [5.74, 6) is -0.0301. The number of nitrogens with zero attached hydrogens (tertiary/aromatic N) is 2. The van der Waals surface area contributed by atoms with E-state index in [2.05, 4.69) is 35.1 Å². The number of likely N-dealkylation sites (tertiary alicyclic amines) is 1. The molecule has 33 heavy (non-hydrogen) atoms. The summed E-state index contributed by atoms with van der Waals surface area (Å²) in [5, 5.41) is 3.25. The molecule has 0 bridgehead atoms. The largest absolute Gasteiger partial charge is 0.413 e. The van der Waals surface area contributed by atoms with Crippen molar-refractivity contribution >= 4 is 50.9 Å². The summed E-state index contributed by atoms with van der Waals surface area (Å²) < 4.78 is 6.14. The highest BCUT2D eigenvalue weighted by atomic mass is 79.9. The summed E-state index contributed by atoms with van der Waals surface area (Å²) in [5.41, 5.74) is 2.37. The van der Waals surface area contributed by atoms with Crippen LogP contribution in [0.1, 0.15) is 49.0 Å². The lowest BCUT2D eigenvalue weighted by Crippen LogP contribution is -2.43. The predicted molar refractivity (Wildman–Crippen MR) is 132 cm³/mol. The van der Waals surface area contributed by atoms with Crippen LogP contribution in [0.5, 0.6) is 5.06 Å². The van der Waals surface area contributed by atoms with Gasteiger partial charge < -0.3 is 19.9 Å². The minimum Gasteiger partial charge on any atom is -0.399 e. The summed E-state index contributed by atoms with van der Waals surface area (Å²) >= 11 is 4.64. The molecule has 2 aromatic rings. The minimum atomic E-state index is -0.578. The van der Waals surface area contributed by atoms with Gasteiger partial charge >= 0.3 is 6.09 Å². The fourth-order valence-corrected chi connectivity index (χ4v) is 5.71. The zero-order chi connectivity index (χ0) is 23.8. The quantitative estimate of drug-likeness (QED) is 0.601. The van der Waals surface area contributed by atoms with Crippen molar-refractivity contribution in [3.63, 3.8) is 0 Å². The van der Waals surface area contributed by atoms with Gasteiger partial charge in [0.1, 0.15) is 0 Å². The van der Waals surface area contributed by atoms with E-state index in [1.807, 2.05) is 30.0 Å². The highest BCUT2D eigenvalue weighted by molar-refractivity contribution is 9.11. The van der Waals surface area contributed by atoms with Crippen LogP contribution in [0.2, 0.25) is 0 Å². The molecule has 0 radical (unpaired) electrons. The Morgan fingerprint density at radius 1 is 1.24 bits per heavy atom. The summed E-state index contributed by atoms with van der Waals surface area (Å²) in [7, 11) is 0. The smallest absolute Gasteiger partial charge is 0.399 e. The van der Waals surface area contributed by atoms with E-state index in [-0.39, 0.29) is 29.7 Å². The number of thiophene rings is 1. The van der Waals surface area contributed by atoms with Gasteiger partial charge in [-0.25, -0.2) is 4.79 Å². The number of amides is 3. The first kappa shape index (κ1) is 23.8. The summed E-state index contributed by atoms with van der Waals surface area (Å²) in [6.07, 6.45) is 1.76. The van der Waals surface area contributed by atoms with Crippen LogP contribution < -0.4 is 15.0 Å². The average molecular weight is 534 g/mol. The number of piperidine rings is 1. The molecule has 3 heterocycles. The molecule has 1 aromatic carbocycles. The van der Waals surface area contributed by atoms with Gasteiger partial charge in [0.05, 0.1) is 9.83 Å². The second-order valence-corrected chi connectivity index (χ2v) is 11.9. The van der Waals surface area contributed by atoms with Crippen molar-refractivity contribution in [1.82, 2.24) is 10.2 Å². The average Bonchev–Trinajstić information content (AvgIpc) is 3.31. The van der Waals surface area contributed by atoms with Crippen LogP contribution in [0.3, 0.4) is 0 Å². The zero-order valence-corrected chi connectivity index (χ0v) is 21.4. The Hall–Kier alpha value is -2.39. The van der Waals surface area contributed by atoms with Gasteiger partial charge in [0.25, 0.3) is 5.91 Å². The van der Waals surface area contributed by atoms with Gasteiger partial charge in [-0.3, -0.25) is 9.59 Å². The molecule has 176 valence electrons. The lowest BCUT2D eigenvalue weighted by molar-refractivity contribution is -0.117. The standard InChI is InChI=1S/C24H28BrN3O4S/c1-15-11-17(5-6-18(15)22(30)27-10-4-9-24(2,3)14-27)28-13-16(12-20(28)29)26-23(31)32-21-8-7-19(25)33-21/h5-8,11,16H,4,9-10,12-14H2,1-3H3,(H,26,31). The summed E-state index contributed by atoms with van der Waals surface area (Å²) in [4.78, 5) is 41.5. The van der Waals surface area contributed by atoms with Gasteiger partial charge in [-0.1, -0.05) is 25.2 Å². The molecular formula is C24H28BrN3O4S. The van der Waals surface area contributed by atoms with Crippen molar-refractivity contribution < 1.29 is 19.1 Å². The van der Waals surface area contributed by atoms with Gasteiger partial charge in [0.15, 0.2) is 5.06 Å². The molecule has 2 aliphatic heterocycles. The molecule has 2 fully saturated rings. The molecule has 1 atom stereocenters. The molecule has 0 spiro atoms. The number of aryl methyl sites for hydroxylation is 1. The number of ether oxygens (including phenoxy) is 1. The molecule has 4 rings (SSSR count). The van der Waals surface area contributed by atoms with Crippen LogP contribution in [0, 0.1) is 12.3 Å². The Morgan fingerprint density at radius 2 is 2.03 bits per heavy atom. The third-order valence-corrected chi connectivity index (χ3v) is 7.63. The molecule has 2 aliphatic rings. The molecular weight excluding hydrogens is 506 g/mol. The highest BCUT2D eigenvalue weighted by Gasteiger charge is 2.33. The maximum atomic E-state index is 13.1. The minimum absolute atomic E-state index is 0.0436. The second-order valence-electron chi connectivity index (χ2n) is 9.49. The number of anilines is 1. The predicted octanol–water partition coefficient (Wildman–Crippen LogP) is 4.98. The molecule has 9 heteroatoms. The van der Waals surface area contributed by atoms with Crippen LogP contribution >= 0.6 is 27.3 Å². The Bertz CT molecular complexity index is 1080. The Labute approximate surface area is 206 Å². The van der Waals surface area contributed by atoms with Gasteiger partial charge in [-0.2, -0.15) is 0 Å². The van der Waals surface area contributed by atoms with Crippen LogP contribution in [-0.4, -0.2) is 48.5 Å². The second kappa shape index (κ2) is 9.46. The first-order valence-corrected chi connectivity index (χ1v) is 12.7. The summed E-state index contributed by atoms with van der Waals surface area (Å²) in [6, 6.07) is 8.67. The molecule has 3 amide bonds. The topological polar surface area (TPSA) is 79.0 Å². The Morgan fingerprint density at radius 3 is 2.70 bits per heavy atom. The third kappa shape index (κ3) is 5.58. The monoisotopic (exact) mass is 533 g/mol. The SMILES string of the molecule is Cc1cc(N2CC(NC(=O)Oc3ccc(Br)s3)CC2=O)ccc1C(=O)N1CCCC(C)(C)C1. The molecule has 0 saturated carbocycles. The first-order chi connectivity index (χ1) is 15.6. The fraction of sp³-hybridized carbons (Fsp3) is 0.458. The van der Waals surface area contributed by atoms with Crippen LogP contribution in [-0.2, 0) is 4.79 Å². The van der Waals surface area contributed by atoms with Gasteiger partial charge in [0.2, 0.25) is 5.91 Å². The third-order valence-electron chi connectivity index (χ3n) is 6.13. The van der Waals surface area contributed by atoms with Crippen molar-refractivity contribution in [3.05, 3.63) is 45.2 Å². The van der Waals surface area contributed by atoms with E-state index in [0.29, 0.717) is 17.2 Å². The number of carbonyl (C=O) groups excluding carboxylic acids is 3. The van der Waals surface area contributed by atoms with Crippen molar-refractivity contribution in [2.24, 2.45) is 5.41 Å². The fourth-order valence-electron chi connectivity index (χ4n) is 4.52. The number of hydrogen-bond donors (Lipinski definition) is 1. The number of nitrogens with one attached hydrogen (secondary N) is 1. The van der Waals surface area contributed by atoms with Crippen LogP contribution in [0.25, 0.3) is 0 Å². The van der Waals surface area contributed by atoms with E-state index >= 15 is 0 Å². The van der Waals surface area contributed by atoms with Gasteiger partial charge in [-0.15, -0.1) is 0 Å². The number of benzene rings is 1. The van der Waals surface area contributed by atoms with Crippen molar-refractivity contribution in [2.45, 2.75) is 46.1 Å². The lowest BCUT2D eigenvalue weighted by atomic mass is 9.84. The maximum absolute atomic E-state index is 13.1. The maximum Gasteiger partial charge on any atom is 0.413 e. The molecule has 1 N–H and O–H groups in total. The van der Waals surface area contributed by atoms with Crippen LogP contribution in [0.15, 0.2) is 34.1 Å². The number of hydrogen-bond acceptors (Lipinski definition) is 5. The van der Waals surface area contributed by atoms with E-state index < -0.39 is 6.09 Å². The van der Waals surface area contributed by atoms with E-state index in [1.54, 1.807) is 17.0 Å². The normalized spacial score (nSPS) is 20.1. The molecule has 0 aliphatic carbocycles. The molecule has 1 unspecified atom stereocenters. The molecule has 7 nitrogen and oxygen atoms in total. The van der Waals surface area contributed by atoms with Crippen molar-refractivity contribution in [3.8, 4) is 5.06 Å². The Balaban J connectivity index is 1.39. The Kier molecular flexibility index (Phi) is 6.81. The summed E-state index contributed by atoms with van der Waals surface area (Å²) in [6.45, 7) is 8.18. The van der Waals surface area contributed by atoms with E-state index in [9.17, 15) is 14.4 Å². The van der Waals surface area contributed by atoms with E-state index in [4.69, 9.17) is 4.74 Å². The number of halogens is 1. The van der Waals surface area contributed by atoms with Crippen LogP contribution in [0.4, 0.5) is 10.5 Å².